The van der Waals surface area contributed by atoms with Crippen molar-refractivity contribution in [2.24, 2.45) is 0 Å². The Labute approximate surface area is 337 Å². The van der Waals surface area contributed by atoms with Gasteiger partial charge in [0.25, 0.3) is 0 Å². The van der Waals surface area contributed by atoms with E-state index in [4.69, 9.17) is 4.42 Å². The van der Waals surface area contributed by atoms with Crippen LogP contribution in [0.2, 0.25) is 0 Å². The largest absolute Gasteiger partial charge is 0.455 e. The van der Waals surface area contributed by atoms with E-state index >= 15 is 0 Å². The molecule has 2 heteroatoms. The number of anilines is 3. The second-order valence-electron chi connectivity index (χ2n) is 14.9. The average Bonchev–Trinajstić information content (AvgIpc) is 3.70. The molecule has 0 aliphatic rings. The lowest BCUT2D eigenvalue weighted by atomic mass is 9.86. The minimum atomic E-state index is 0.890. The Bertz CT molecular complexity index is 3240. The van der Waals surface area contributed by atoms with Crippen LogP contribution in [0, 0.1) is 0 Å². The third-order valence-corrected chi connectivity index (χ3v) is 11.5. The van der Waals surface area contributed by atoms with Crippen LogP contribution in [0.4, 0.5) is 17.1 Å². The molecule has 0 atom stereocenters. The van der Waals surface area contributed by atoms with Gasteiger partial charge in [0.2, 0.25) is 0 Å². The molecule has 0 aliphatic heterocycles. The van der Waals surface area contributed by atoms with E-state index in [0.717, 1.165) is 60.9 Å². The summed E-state index contributed by atoms with van der Waals surface area (Å²) in [6, 6.07) is 80.6. The van der Waals surface area contributed by atoms with Gasteiger partial charge in [0.1, 0.15) is 11.2 Å². The zero-order valence-electron chi connectivity index (χ0n) is 31.7. The molecule has 0 fully saturated rings. The van der Waals surface area contributed by atoms with Crippen LogP contribution < -0.4 is 4.90 Å². The topological polar surface area (TPSA) is 16.4 Å². The zero-order chi connectivity index (χ0) is 38.4. The number of nitrogens with zero attached hydrogens (tertiary/aromatic N) is 1. The highest BCUT2D eigenvalue weighted by Gasteiger charge is 2.23. The first-order valence-electron chi connectivity index (χ1n) is 19.8. The highest BCUT2D eigenvalue weighted by atomic mass is 16.3. The predicted molar refractivity (Wildman–Crippen MR) is 245 cm³/mol. The fourth-order valence-corrected chi connectivity index (χ4v) is 8.66. The summed E-state index contributed by atoms with van der Waals surface area (Å²) in [5, 5.41) is 6.94. The lowest BCUT2D eigenvalue weighted by molar-refractivity contribution is 0.673. The smallest absolute Gasteiger partial charge is 0.143 e. The third kappa shape index (κ3) is 5.82. The molecule has 1 heterocycles. The fraction of sp³-hybridized carbons (Fsp3) is 0. The van der Waals surface area contributed by atoms with Gasteiger partial charge in [-0.1, -0.05) is 182 Å². The molecule has 11 rings (SSSR count). The Balaban J connectivity index is 1.10. The molecule has 272 valence electrons. The maximum absolute atomic E-state index is 6.72. The molecular weight excluding hydrogens is 703 g/mol. The van der Waals surface area contributed by atoms with Gasteiger partial charge < -0.3 is 9.32 Å². The van der Waals surface area contributed by atoms with E-state index in [1.165, 1.54) is 44.2 Å². The van der Waals surface area contributed by atoms with Gasteiger partial charge in [-0.3, -0.25) is 0 Å². The zero-order valence-corrected chi connectivity index (χ0v) is 31.7. The van der Waals surface area contributed by atoms with E-state index in [-0.39, 0.29) is 0 Å². The molecule has 0 bridgehead atoms. The van der Waals surface area contributed by atoms with Crippen molar-refractivity contribution in [2.75, 3.05) is 4.90 Å². The van der Waals surface area contributed by atoms with Crippen LogP contribution in [0.1, 0.15) is 0 Å². The molecule has 0 N–H and O–H groups in total. The summed E-state index contributed by atoms with van der Waals surface area (Å²) in [4.78, 5) is 2.36. The molecule has 10 aromatic carbocycles. The molecular formula is C56H37NO. The number of hydrogen-bond acceptors (Lipinski definition) is 2. The second kappa shape index (κ2) is 14.1. The minimum Gasteiger partial charge on any atom is -0.455 e. The normalized spacial score (nSPS) is 11.4. The van der Waals surface area contributed by atoms with Crippen LogP contribution in [-0.2, 0) is 0 Å². The predicted octanol–water partition coefficient (Wildman–Crippen LogP) is 16.0. The maximum Gasteiger partial charge on any atom is 0.143 e. The van der Waals surface area contributed by atoms with E-state index in [0.29, 0.717) is 0 Å². The Hall–Kier alpha value is -7.68. The van der Waals surface area contributed by atoms with E-state index in [9.17, 15) is 0 Å². The van der Waals surface area contributed by atoms with Crippen molar-refractivity contribution in [2.45, 2.75) is 0 Å². The van der Waals surface area contributed by atoms with Crippen molar-refractivity contribution >= 4 is 60.5 Å². The van der Waals surface area contributed by atoms with Crippen molar-refractivity contribution in [3.63, 3.8) is 0 Å². The Morgan fingerprint density at radius 2 is 0.741 bits per heavy atom. The molecule has 58 heavy (non-hydrogen) atoms. The summed E-state index contributed by atoms with van der Waals surface area (Å²) < 4.78 is 6.72. The van der Waals surface area contributed by atoms with Crippen LogP contribution in [0.15, 0.2) is 229 Å². The SMILES string of the molecule is c1ccc(-c2ccc(-c3c(-c4ccc(N(c5ccc(-c6ccccc6)cc5)c5ccc6ccccc6c5)cc4)c4ccccc4c4oc5ccccc5c34)cc2)cc1. The van der Waals surface area contributed by atoms with Gasteiger partial charge in [-0.25, -0.2) is 0 Å². The quantitative estimate of drug-likeness (QED) is 0.162. The lowest BCUT2D eigenvalue weighted by Crippen LogP contribution is -2.09. The van der Waals surface area contributed by atoms with Gasteiger partial charge in [-0.05, 0) is 97.6 Å². The molecule has 11 aromatic rings. The van der Waals surface area contributed by atoms with Crippen LogP contribution in [0.25, 0.3) is 88.0 Å². The fourth-order valence-electron chi connectivity index (χ4n) is 8.66. The van der Waals surface area contributed by atoms with Gasteiger partial charge in [0.15, 0.2) is 0 Å². The number of hydrogen-bond donors (Lipinski definition) is 0. The Kier molecular flexibility index (Phi) is 8.19. The molecule has 0 radical (unpaired) electrons. The van der Waals surface area contributed by atoms with Crippen molar-refractivity contribution in [3.8, 4) is 44.5 Å². The summed E-state index contributed by atoms with van der Waals surface area (Å²) >= 11 is 0. The van der Waals surface area contributed by atoms with Crippen LogP contribution in [-0.4, -0.2) is 0 Å². The van der Waals surface area contributed by atoms with Crippen molar-refractivity contribution in [1.29, 1.82) is 0 Å². The summed E-state index contributed by atoms with van der Waals surface area (Å²) in [6.45, 7) is 0. The van der Waals surface area contributed by atoms with Crippen molar-refractivity contribution in [3.05, 3.63) is 224 Å². The summed E-state index contributed by atoms with van der Waals surface area (Å²) in [5.41, 5.74) is 14.5. The van der Waals surface area contributed by atoms with E-state index in [1.807, 2.05) is 0 Å². The summed E-state index contributed by atoms with van der Waals surface area (Å²) in [6.07, 6.45) is 0. The Morgan fingerprint density at radius 3 is 1.40 bits per heavy atom. The number of fused-ring (bicyclic) bond motifs is 6. The van der Waals surface area contributed by atoms with Gasteiger partial charge in [-0.15, -0.1) is 0 Å². The first kappa shape index (κ1) is 33.6. The monoisotopic (exact) mass is 739 g/mol. The molecule has 0 spiro atoms. The van der Waals surface area contributed by atoms with Crippen molar-refractivity contribution in [1.82, 2.24) is 0 Å². The number of para-hydroxylation sites is 1. The maximum atomic E-state index is 6.72. The molecule has 1 aromatic heterocycles. The molecule has 0 amide bonds. The van der Waals surface area contributed by atoms with Gasteiger partial charge in [0.05, 0.1) is 0 Å². The van der Waals surface area contributed by atoms with E-state index in [1.54, 1.807) is 0 Å². The first-order chi connectivity index (χ1) is 28.8. The summed E-state index contributed by atoms with van der Waals surface area (Å²) in [7, 11) is 0. The molecule has 0 saturated heterocycles. The molecule has 0 aliphatic carbocycles. The van der Waals surface area contributed by atoms with Crippen LogP contribution in [0.5, 0.6) is 0 Å². The van der Waals surface area contributed by atoms with Crippen molar-refractivity contribution < 1.29 is 4.42 Å². The highest BCUT2D eigenvalue weighted by molar-refractivity contribution is 6.26. The molecule has 0 unspecified atom stereocenters. The van der Waals surface area contributed by atoms with E-state index < -0.39 is 0 Å². The van der Waals surface area contributed by atoms with Gasteiger partial charge in [-0.2, -0.15) is 0 Å². The first-order valence-corrected chi connectivity index (χ1v) is 19.8. The van der Waals surface area contributed by atoms with Crippen LogP contribution >= 0.6 is 0 Å². The number of furan rings is 1. The third-order valence-electron chi connectivity index (χ3n) is 11.5. The summed E-state index contributed by atoms with van der Waals surface area (Å²) in [5.74, 6) is 0. The standard InChI is InChI=1S/C56H37NO/c1-3-13-38(14-4-1)41-23-25-44(26-24-41)54-53(49-19-9-10-20-50(49)56-55(54)51-21-11-12-22-52(51)58-56)43-30-34-47(35-31-43)57(48-36-29-40-17-7-8-18-45(40)37-48)46-32-27-42(28-33-46)39-15-5-2-6-16-39/h1-37H. The average molecular weight is 740 g/mol. The van der Waals surface area contributed by atoms with Gasteiger partial charge >= 0.3 is 0 Å². The number of rotatable bonds is 7. The second-order valence-corrected chi connectivity index (χ2v) is 14.9. The lowest BCUT2D eigenvalue weighted by Gasteiger charge is -2.26. The van der Waals surface area contributed by atoms with Gasteiger partial charge in [0, 0.05) is 38.8 Å². The van der Waals surface area contributed by atoms with E-state index in [2.05, 4.69) is 229 Å². The highest BCUT2D eigenvalue weighted by Crippen LogP contribution is 2.49. The molecule has 0 saturated carbocycles. The number of benzene rings is 10. The van der Waals surface area contributed by atoms with Crippen LogP contribution in [0.3, 0.4) is 0 Å². The Morgan fingerprint density at radius 1 is 0.293 bits per heavy atom. The minimum absolute atomic E-state index is 0.890. The molecule has 2 nitrogen and oxygen atoms in total.